The van der Waals surface area contributed by atoms with Gasteiger partial charge in [-0.25, -0.2) is 0 Å². The van der Waals surface area contributed by atoms with E-state index < -0.39 is 0 Å². The quantitative estimate of drug-likeness (QED) is 0.636. The van der Waals surface area contributed by atoms with Gasteiger partial charge in [0.15, 0.2) is 0 Å². The van der Waals surface area contributed by atoms with E-state index in [2.05, 4.69) is 54.3 Å². The first-order valence-corrected chi connectivity index (χ1v) is 11.3. The first kappa shape index (κ1) is 22.5. The molecule has 3 rings (SSSR count). The van der Waals surface area contributed by atoms with Gasteiger partial charge in [0.05, 0.1) is 13.0 Å². The Labute approximate surface area is 181 Å². The van der Waals surface area contributed by atoms with Gasteiger partial charge in [-0.3, -0.25) is 9.69 Å². The minimum atomic E-state index is -0.281. The second kappa shape index (κ2) is 11.3. The molecule has 2 aromatic rings. The zero-order valence-corrected chi connectivity index (χ0v) is 18.3. The van der Waals surface area contributed by atoms with Gasteiger partial charge in [-0.2, -0.15) is 0 Å². The van der Waals surface area contributed by atoms with Crippen molar-refractivity contribution in [2.45, 2.75) is 52.0 Å². The van der Waals surface area contributed by atoms with E-state index in [0.29, 0.717) is 6.42 Å². The zero-order chi connectivity index (χ0) is 21.2. The van der Waals surface area contributed by atoms with Gasteiger partial charge in [0.1, 0.15) is 0 Å². The zero-order valence-electron chi connectivity index (χ0n) is 18.3. The molecule has 0 bridgehead atoms. The molecule has 1 heterocycles. The van der Waals surface area contributed by atoms with Gasteiger partial charge in [-0.05, 0) is 74.2 Å². The molecule has 4 nitrogen and oxygen atoms in total. The summed E-state index contributed by atoms with van der Waals surface area (Å²) in [6, 6.07) is 19.1. The molecule has 1 fully saturated rings. The molecule has 0 radical (unpaired) electrons. The Balaban J connectivity index is 1.58. The van der Waals surface area contributed by atoms with Crippen LogP contribution in [0.2, 0.25) is 0 Å². The van der Waals surface area contributed by atoms with Crippen LogP contribution in [0.25, 0.3) is 0 Å². The van der Waals surface area contributed by atoms with Gasteiger partial charge in [0.2, 0.25) is 5.91 Å². The van der Waals surface area contributed by atoms with Gasteiger partial charge >= 0.3 is 0 Å². The summed E-state index contributed by atoms with van der Waals surface area (Å²) in [6.07, 6.45) is 6.24. The summed E-state index contributed by atoms with van der Waals surface area (Å²) in [4.78, 5) is 13.7. The van der Waals surface area contributed by atoms with Crippen LogP contribution in [-0.2, 0) is 28.9 Å². The molecule has 1 unspecified atom stereocenters. The van der Waals surface area contributed by atoms with Crippen LogP contribution in [-0.4, -0.2) is 37.1 Å². The van der Waals surface area contributed by atoms with E-state index in [4.69, 9.17) is 10.5 Å². The minimum absolute atomic E-state index is 0.270. The van der Waals surface area contributed by atoms with Crippen molar-refractivity contribution in [3.8, 4) is 0 Å². The molecule has 0 saturated carbocycles. The van der Waals surface area contributed by atoms with E-state index in [0.717, 1.165) is 44.8 Å². The van der Waals surface area contributed by atoms with Crippen molar-refractivity contribution < 1.29 is 9.53 Å². The standard InChI is InChI=1S/C26H36N2O2/c1-2-30-21-26(15-13-22-7-4-3-5-8-22)14-6-17-28(18-16-26)20-24-11-9-23(10-12-24)19-25(27)29/h3-5,7-12H,2,6,13-21H2,1H3,(H2,27,29). The largest absolute Gasteiger partial charge is 0.381 e. The third-order valence-electron chi connectivity index (χ3n) is 6.35. The smallest absolute Gasteiger partial charge is 0.221 e. The fourth-order valence-electron chi connectivity index (χ4n) is 4.53. The molecule has 2 aromatic carbocycles. The molecular formula is C26H36N2O2. The molecule has 30 heavy (non-hydrogen) atoms. The Hall–Kier alpha value is -2.17. The first-order valence-electron chi connectivity index (χ1n) is 11.3. The maximum Gasteiger partial charge on any atom is 0.221 e. The lowest BCUT2D eigenvalue weighted by Gasteiger charge is -2.33. The van der Waals surface area contributed by atoms with E-state index >= 15 is 0 Å². The van der Waals surface area contributed by atoms with Gasteiger partial charge in [-0.1, -0.05) is 54.6 Å². The second-order valence-corrected chi connectivity index (χ2v) is 8.71. The summed E-state index contributed by atoms with van der Waals surface area (Å²) >= 11 is 0. The number of hydrogen-bond acceptors (Lipinski definition) is 3. The van der Waals surface area contributed by atoms with Crippen molar-refractivity contribution in [2.24, 2.45) is 11.1 Å². The number of primary amides is 1. The van der Waals surface area contributed by atoms with Crippen LogP contribution in [0.4, 0.5) is 0 Å². The normalized spacial score (nSPS) is 20.0. The number of rotatable bonds is 10. The van der Waals surface area contributed by atoms with E-state index in [1.165, 1.54) is 36.8 Å². The number of amides is 1. The number of benzene rings is 2. The van der Waals surface area contributed by atoms with Crippen LogP contribution < -0.4 is 5.73 Å². The Morgan fingerprint density at radius 1 is 1.00 bits per heavy atom. The van der Waals surface area contributed by atoms with E-state index in [1.54, 1.807) is 0 Å². The molecule has 1 atom stereocenters. The number of hydrogen-bond donors (Lipinski definition) is 1. The SMILES string of the molecule is CCOCC1(CCc2ccccc2)CCCN(Cc2ccc(CC(N)=O)cc2)CC1. The number of aryl methyl sites for hydroxylation is 1. The second-order valence-electron chi connectivity index (χ2n) is 8.71. The van der Waals surface area contributed by atoms with Crippen LogP contribution in [0.5, 0.6) is 0 Å². The number of carbonyl (C=O) groups excluding carboxylic acids is 1. The van der Waals surface area contributed by atoms with Crippen molar-refractivity contribution in [1.82, 2.24) is 4.90 Å². The van der Waals surface area contributed by atoms with Crippen molar-refractivity contribution >= 4 is 5.91 Å². The topological polar surface area (TPSA) is 55.6 Å². The lowest BCUT2D eigenvalue weighted by Crippen LogP contribution is -2.30. The summed E-state index contributed by atoms with van der Waals surface area (Å²) in [5, 5.41) is 0. The van der Waals surface area contributed by atoms with Crippen LogP contribution in [0, 0.1) is 5.41 Å². The fourth-order valence-corrected chi connectivity index (χ4v) is 4.53. The van der Waals surface area contributed by atoms with E-state index in [1.807, 2.05) is 12.1 Å². The molecule has 0 aliphatic carbocycles. The van der Waals surface area contributed by atoms with Crippen molar-refractivity contribution in [3.63, 3.8) is 0 Å². The lowest BCUT2D eigenvalue weighted by molar-refractivity contribution is -0.117. The monoisotopic (exact) mass is 408 g/mol. The predicted molar refractivity (Wildman–Crippen MR) is 122 cm³/mol. The summed E-state index contributed by atoms with van der Waals surface area (Å²) in [5.41, 5.74) is 9.27. The highest BCUT2D eigenvalue weighted by atomic mass is 16.5. The maximum atomic E-state index is 11.1. The number of likely N-dealkylation sites (tertiary alicyclic amines) is 1. The third kappa shape index (κ3) is 6.96. The highest BCUT2D eigenvalue weighted by Crippen LogP contribution is 2.37. The van der Waals surface area contributed by atoms with E-state index in [-0.39, 0.29) is 11.3 Å². The molecule has 4 heteroatoms. The Kier molecular flexibility index (Phi) is 8.47. The van der Waals surface area contributed by atoms with Crippen LogP contribution in [0.3, 0.4) is 0 Å². The molecule has 1 aliphatic heterocycles. The molecule has 2 N–H and O–H groups in total. The van der Waals surface area contributed by atoms with Crippen molar-refractivity contribution in [2.75, 3.05) is 26.3 Å². The van der Waals surface area contributed by atoms with Crippen LogP contribution in [0.15, 0.2) is 54.6 Å². The lowest BCUT2D eigenvalue weighted by atomic mass is 9.76. The maximum absolute atomic E-state index is 11.1. The summed E-state index contributed by atoms with van der Waals surface area (Å²) in [6.45, 7) is 6.93. The predicted octanol–water partition coefficient (Wildman–Crippen LogP) is 4.36. The molecule has 0 aromatic heterocycles. The van der Waals surface area contributed by atoms with Crippen molar-refractivity contribution in [3.05, 3.63) is 71.3 Å². The van der Waals surface area contributed by atoms with E-state index in [9.17, 15) is 4.79 Å². The Morgan fingerprint density at radius 2 is 1.73 bits per heavy atom. The first-order chi connectivity index (χ1) is 14.6. The average molecular weight is 409 g/mol. The van der Waals surface area contributed by atoms with Crippen molar-refractivity contribution in [1.29, 1.82) is 0 Å². The van der Waals surface area contributed by atoms with Gasteiger partial charge in [0, 0.05) is 13.2 Å². The molecule has 0 spiro atoms. The Morgan fingerprint density at radius 3 is 2.43 bits per heavy atom. The number of nitrogens with zero attached hydrogens (tertiary/aromatic N) is 1. The van der Waals surface area contributed by atoms with Gasteiger partial charge in [-0.15, -0.1) is 0 Å². The molecule has 1 saturated heterocycles. The fraction of sp³-hybridized carbons (Fsp3) is 0.500. The molecule has 162 valence electrons. The highest BCUT2D eigenvalue weighted by Gasteiger charge is 2.32. The number of ether oxygens (including phenoxy) is 1. The Bertz CT molecular complexity index is 775. The van der Waals surface area contributed by atoms with Crippen LogP contribution in [0.1, 0.15) is 49.3 Å². The highest BCUT2D eigenvalue weighted by molar-refractivity contribution is 5.76. The van der Waals surface area contributed by atoms with Gasteiger partial charge < -0.3 is 10.5 Å². The number of carbonyl (C=O) groups is 1. The minimum Gasteiger partial charge on any atom is -0.381 e. The number of nitrogens with two attached hydrogens (primary N) is 1. The van der Waals surface area contributed by atoms with Gasteiger partial charge in [0.25, 0.3) is 0 Å². The average Bonchev–Trinajstić information content (AvgIpc) is 2.95. The summed E-state index contributed by atoms with van der Waals surface area (Å²) in [7, 11) is 0. The molecular weight excluding hydrogens is 372 g/mol. The summed E-state index contributed by atoms with van der Waals surface area (Å²) < 4.78 is 5.96. The molecule has 1 aliphatic rings. The summed E-state index contributed by atoms with van der Waals surface area (Å²) in [5.74, 6) is -0.281. The van der Waals surface area contributed by atoms with Crippen LogP contribution >= 0.6 is 0 Å². The third-order valence-corrected chi connectivity index (χ3v) is 6.35. The molecule has 1 amide bonds.